The fourth-order valence-electron chi connectivity index (χ4n) is 4.39. The Morgan fingerprint density at radius 1 is 1.06 bits per heavy atom. The second-order valence-electron chi connectivity index (χ2n) is 8.33. The fraction of sp³-hybridized carbons (Fsp3) is 0.346. The number of rotatable bonds is 7. The van der Waals surface area contributed by atoms with Crippen LogP contribution in [-0.4, -0.2) is 22.8 Å². The Labute approximate surface area is 193 Å². The van der Waals surface area contributed by atoms with Gasteiger partial charge in [-0.25, -0.2) is 0 Å². The number of amides is 2. The first kappa shape index (κ1) is 22.2. The number of anilines is 1. The standard InChI is InChI=1S/C26H29N3O2S/c1-19-8-5-6-12-23(19)29(24(30)18-22-11-7-17-32-22)25(20-13-15-27-16-14-20)26(31)28-21-9-3-2-4-10-21/h5-8,11-17,21,25H,2-4,9-10,18H2,1H3,(H,28,31)/t25-/m0/s1. The molecule has 0 bridgehead atoms. The zero-order valence-corrected chi connectivity index (χ0v) is 19.2. The van der Waals surface area contributed by atoms with Crippen molar-refractivity contribution in [3.8, 4) is 0 Å². The Morgan fingerprint density at radius 2 is 1.81 bits per heavy atom. The fourth-order valence-corrected chi connectivity index (χ4v) is 5.08. The van der Waals surface area contributed by atoms with E-state index in [0.29, 0.717) is 0 Å². The highest BCUT2D eigenvalue weighted by atomic mass is 32.1. The van der Waals surface area contributed by atoms with Crippen LogP contribution in [0.3, 0.4) is 0 Å². The van der Waals surface area contributed by atoms with Crippen molar-refractivity contribution < 1.29 is 9.59 Å². The molecule has 3 aromatic rings. The molecule has 0 radical (unpaired) electrons. The average molecular weight is 448 g/mol. The van der Waals surface area contributed by atoms with Gasteiger partial charge in [-0.05, 0) is 60.5 Å². The summed E-state index contributed by atoms with van der Waals surface area (Å²) in [5, 5.41) is 5.22. The van der Waals surface area contributed by atoms with E-state index in [4.69, 9.17) is 0 Å². The molecular formula is C26H29N3O2S. The molecule has 1 aliphatic rings. The van der Waals surface area contributed by atoms with Crippen molar-refractivity contribution >= 4 is 28.8 Å². The number of hydrogen-bond acceptors (Lipinski definition) is 4. The summed E-state index contributed by atoms with van der Waals surface area (Å²) < 4.78 is 0. The van der Waals surface area contributed by atoms with Gasteiger partial charge in [-0.3, -0.25) is 19.5 Å². The third kappa shape index (κ3) is 5.25. The van der Waals surface area contributed by atoms with Gasteiger partial charge in [0.05, 0.1) is 6.42 Å². The second-order valence-corrected chi connectivity index (χ2v) is 9.37. The number of para-hydroxylation sites is 1. The van der Waals surface area contributed by atoms with Crippen LogP contribution in [0.15, 0.2) is 66.3 Å². The van der Waals surface area contributed by atoms with E-state index in [0.717, 1.165) is 47.4 Å². The van der Waals surface area contributed by atoms with E-state index in [2.05, 4.69) is 10.3 Å². The van der Waals surface area contributed by atoms with Crippen LogP contribution in [0.25, 0.3) is 0 Å². The largest absolute Gasteiger partial charge is 0.351 e. The molecule has 1 fully saturated rings. The predicted octanol–water partition coefficient (Wildman–Crippen LogP) is 5.22. The van der Waals surface area contributed by atoms with Crippen molar-refractivity contribution in [2.24, 2.45) is 0 Å². The molecule has 0 saturated heterocycles. The summed E-state index contributed by atoms with van der Waals surface area (Å²) >= 11 is 1.55. The first-order valence-electron chi connectivity index (χ1n) is 11.2. The molecule has 0 unspecified atom stereocenters. The lowest BCUT2D eigenvalue weighted by atomic mass is 9.94. The predicted molar refractivity (Wildman–Crippen MR) is 129 cm³/mol. The molecule has 5 nitrogen and oxygen atoms in total. The van der Waals surface area contributed by atoms with Crippen LogP contribution in [0.5, 0.6) is 0 Å². The minimum absolute atomic E-state index is 0.0950. The number of nitrogens with one attached hydrogen (secondary N) is 1. The van der Waals surface area contributed by atoms with Crippen LogP contribution < -0.4 is 10.2 Å². The van der Waals surface area contributed by atoms with E-state index >= 15 is 0 Å². The maximum absolute atomic E-state index is 13.7. The van der Waals surface area contributed by atoms with Crippen LogP contribution in [0.2, 0.25) is 0 Å². The number of aryl methyl sites for hydroxylation is 1. The summed E-state index contributed by atoms with van der Waals surface area (Å²) in [7, 11) is 0. The van der Waals surface area contributed by atoms with E-state index in [1.165, 1.54) is 6.42 Å². The lowest BCUT2D eigenvalue weighted by Gasteiger charge is -2.34. The topological polar surface area (TPSA) is 62.3 Å². The van der Waals surface area contributed by atoms with Crippen molar-refractivity contribution in [2.75, 3.05) is 4.90 Å². The number of nitrogens with zero attached hydrogens (tertiary/aromatic N) is 2. The first-order chi connectivity index (χ1) is 15.6. The van der Waals surface area contributed by atoms with Crippen LogP contribution in [0.1, 0.15) is 54.1 Å². The van der Waals surface area contributed by atoms with E-state index in [1.54, 1.807) is 28.6 Å². The smallest absolute Gasteiger partial charge is 0.248 e. The Hall–Kier alpha value is -2.99. The van der Waals surface area contributed by atoms with E-state index in [9.17, 15) is 9.59 Å². The molecule has 2 aromatic heterocycles. The molecular weight excluding hydrogens is 418 g/mol. The van der Waals surface area contributed by atoms with Crippen molar-refractivity contribution in [3.63, 3.8) is 0 Å². The number of aromatic nitrogens is 1. The molecule has 1 saturated carbocycles. The maximum atomic E-state index is 13.7. The van der Waals surface area contributed by atoms with Gasteiger partial charge >= 0.3 is 0 Å². The van der Waals surface area contributed by atoms with Crippen molar-refractivity contribution in [1.29, 1.82) is 0 Å². The van der Waals surface area contributed by atoms with Crippen LogP contribution in [0.4, 0.5) is 5.69 Å². The summed E-state index contributed by atoms with van der Waals surface area (Å²) in [6.07, 6.45) is 9.06. The van der Waals surface area contributed by atoms with Crippen LogP contribution >= 0.6 is 11.3 Å². The van der Waals surface area contributed by atoms with Gasteiger partial charge in [0.2, 0.25) is 11.8 Å². The van der Waals surface area contributed by atoms with Gasteiger partial charge in [0.15, 0.2) is 0 Å². The molecule has 6 heteroatoms. The molecule has 1 aromatic carbocycles. The second kappa shape index (κ2) is 10.6. The van der Waals surface area contributed by atoms with Crippen molar-refractivity contribution in [2.45, 2.75) is 57.5 Å². The molecule has 0 spiro atoms. The Balaban J connectivity index is 1.74. The van der Waals surface area contributed by atoms with Gasteiger partial charge in [0, 0.05) is 29.0 Å². The van der Waals surface area contributed by atoms with Gasteiger partial charge in [-0.2, -0.15) is 0 Å². The zero-order valence-electron chi connectivity index (χ0n) is 18.4. The number of benzene rings is 1. The lowest BCUT2D eigenvalue weighted by Crippen LogP contribution is -2.48. The molecule has 1 aliphatic carbocycles. The summed E-state index contributed by atoms with van der Waals surface area (Å²) in [6, 6.07) is 14.7. The highest BCUT2D eigenvalue weighted by molar-refractivity contribution is 7.10. The molecule has 1 atom stereocenters. The number of carbonyl (C=O) groups is 2. The third-order valence-corrected chi connectivity index (χ3v) is 6.91. The monoisotopic (exact) mass is 447 g/mol. The molecule has 166 valence electrons. The van der Waals surface area contributed by atoms with Gasteiger partial charge in [0.25, 0.3) is 0 Å². The number of hydrogen-bond donors (Lipinski definition) is 1. The van der Waals surface area contributed by atoms with E-state index in [-0.39, 0.29) is 24.3 Å². The van der Waals surface area contributed by atoms with Crippen molar-refractivity contribution in [1.82, 2.24) is 10.3 Å². The Bertz CT molecular complexity index is 1030. The van der Waals surface area contributed by atoms with Crippen molar-refractivity contribution in [3.05, 3.63) is 82.3 Å². The summed E-state index contributed by atoms with van der Waals surface area (Å²) in [6.45, 7) is 1.98. The minimum atomic E-state index is -0.756. The van der Waals surface area contributed by atoms with Crippen LogP contribution in [0, 0.1) is 6.92 Å². The SMILES string of the molecule is Cc1ccccc1N(C(=O)Cc1cccs1)[C@H](C(=O)NC1CCCCC1)c1ccncc1. The van der Waals surface area contributed by atoms with Gasteiger partial charge in [0.1, 0.15) is 6.04 Å². The lowest BCUT2D eigenvalue weighted by molar-refractivity contribution is -0.127. The Morgan fingerprint density at radius 3 is 2.50 bits per heavy atom. The maximum Gasteiger partial charge on any atom is 0.248 e. The quantitative estimate of drug-likeness (QED) is 0.540. The average Bonchev–Trinajstić information content (AvgIpc) is 3.32. The molecule has 2 heterocycles. The number of thiophene rings is 1. The molecule has 1 N–H and O–H groups in total. The number of carbonyl (C=O) groups excluding carboxylic acids is 2. The highest BCUT2D eigenvalue weighted by Crippen LogP contribution is 2.32. The van der Waals surface area contributed by atoms with Gasteiger partial charge in [-0.1, -0.05) is 43.5 Å². The van der Waals surface area contributed by atoms with Gasteiger partial charge in [-0.15, -0.1) is 11.3 Å². The first-order valence-corrected chi connectivity index (χ1v) is 12.1. The van der Waals surface area contributed by atoms with E-state index < -0.39 is 6.04 Å². The van der Waals surface area contributed by atoms with E-state index in [1.807, 2.05) is 60.8 Å². The van der Waals surface area contributed by atoms with Crippen LogP contribution in [-0.2, 0) is 16.0 Å². The Kier molecular flexibility index (Phi) is 7.32. The summed E-state index contributed by atoms with van der Waals surface area (Å²) in [4.78, 5) is 34.2. The minimum Gasteiger partial charge on any atom is -0.351 e. The molecule has 0 aliphatic heterocycles. The number of pyridine rings is 1. The molecule has 2 amide bonds. The highest BCUT2D eigenvalue weighted by Gasteiger charge is 2.34. The summed E-state index contributed by atoms with van der Waals surface area (Å²) in [5.74, 6) is -0.228. The molecule has 4 rings (SSSR count). The zero-order chi connectivity index (χ0) is 22.3. The summed E-state index contributed by atoms with van der Waals surface area (Å²) in [5.41, 5.74) is 2.47. The molecule has 32 heavy (non-hydrogen) atoms. The van der Waals surface area contributed by atoms with Gasteiger partial charge < -0.3 is 5.32 Å². The third-order valence-electron chi connectivity index (χ3n) is 6.03. The normalized spacial score (nSPS) is 15.2.